The van der Waals surface area contributed by atoms with Gasteiger partial charge in [0.1, 0.15) is 5.60 Å². The first-order chi connectivity index (χ1) is 7.53. The largest absolute Gasteiger partial charge is 0.382 e. The Morgan fingerprint density at radius 3 is 2.38 bits per heavy atom. The van der Waals surface area contributed by atoms with Crippen LogP contribution in [-0.2, 0) is 0 Å². The van der Waals surface area contributed by atoms with Gasteiger partial charge < -0.3 is 5.11 Å². The maximum Gasteiger partial charge on any atom is 0.194 e. The first-order valence-corrected chi connectivity index (χ1v) is 6.01. The van der Waals surface area contributed by atoms with Crippen LogP contribution in [0.15, 0.2) is 18.2 Å². The number of rotatable bonds is 2. The minimum atomic E-state index is -1.20. The van der Waals surface area contributed by atoms with E-state index in [1.165, 1.54) is 6.07 Å². The van der Waals surface area contributed by atoms with E-state index in [2.05, 4.69) is 0 Å². The van der Waals surface area contributed by atoms with Crippen LogP contribution in [0.3, 0.4) is 0 Å². The van der Waals surface area contributed by atoms with Gasteiger partial charge in [0, 0.05) is 5.56 Å². The summed E-state index contributed by atoms with van der Waals surface area (Å²) in [5.74, 6) is -0.247. The Hall–Kier alpha value is -0.570. The Balaban J connectivity index is 2.30. The summed E-state index contributed by atoms with van der Waals surface area (Å²) in [5, 5.41) is 10.9. The molecule has 0 aliphatic heterocycles. The van der Waals surface area contributed by atoms with E-state index in [1.807, 2.05) is 0 Å². The second-order valence-corrected chi connectivity index (χ2v) is 5.01. The maximum absolute atomic E-state index is 12.1. The molecule has 0 aromatic heterocycles. The highest BCUT2D eigenvalue weighted by molar-refractivity contribution is 6.42. The molecule has 1 fully saturated rings. The summed E-state index contributed by atoms with van der Waals surface area (Å²) in [7, 11) is 0. The van der Waals surface area contributed by atoms with Crippen molar-refractivity contribution in [2.75, 3.05) is 0 Å². The van der Waals surface area contributed by atoms with Gasteiger partial charge in [0.25, 0.3) is 0 Å². The summed E-state index contributed by atoms with van der Waals surface area (Å²) in [4.78, 5) is 12.1. The zero-order chi connectivity index (χ0) is 11.8. The quantitative estimate of drug-likeness (QED) is 0.825. The van der Waals surface area contributed by atoms with Crippen LogP contribution in [0.25, 0.3) is 0 Å². The Kier molecular flexibility index (Phi) is 3.24. The second kappa shape index (κ2) is 4.36. The molecule has 86 valence electrons. The lowest BCUT2D eigenvalue weighted by molar-refractivity contribution is 0.0353. The van der Waals surface area contributed by atoms with E-state index < -0.39 is 5.60 Å². The average molecular weight is 259 g/mol. The lowest BCUT2D eigenvalue weighted by atomic mass is 9.91. The molecule has 0 bridgehead atoms. The van der Waals surface area contributed by atoms with Crippen LogP contribution in [-0.4, -0.2) is 16.5 Å². The lowest BCUT2D eigenvalue weighted by Crippen LogP contribution is -2.35. The van der Waals surface area contributed by atoms with Gasteiger partial charge >= 0.3 is 0 Å². The predicted molar refractivity (Wildman–Crippen MR) is 64.2 cm³/mol. The van der Waals surface area contributed by atoms with Gasteiger partial charge in [-0.2, -0.15) is 0 Å². The number of ketones is 1. The van der Waals surface area contributed by atoms with Crippen LogP contribution in [0, 0.1) is 0 Å². The molecule has 1 aromatic rings. The van der Waals surface area contributed by atoms with Crippen LogP contribution in [0.4, 0.5) is 0 Å². The van der Waals surface area contributed by atoms with E-state index in [0.29, 0.717) is 28.5 Å². The van der Waals surface area contributed by atoms with Crippen molar-refractivity contribution in [1.82, 2.24) is 0 Å². The van der Waals surface area contributed by atoms with Crippen molar-refractivity contribution < 1.29 is 9.90 Å². The van der Waals surface area contributed by atoms with Crippen molar-refractivity contribution in [3.8, 4) is 0 Å². The third-order valence-corrected chi connectivity index (χ3v) is 3.77. The molecular weight excluding hydrogens is 247 g/mol. The van der Waals surface area contributed by atoms with E-state index in [4.69, 9.17) is 23.2 Å². The summed E-state index contributed by atoms with van der Waals surface area (Å²) < 4.78 is 0. The first kappa shape index (κ1) is 11.9. The van der Waals surface area contributed by atoms with Crippen LogP contribution >= 0.6 is 23.2 Å². The molecule has 0 spiro atoms. The van der Waals surface area contributed by atoms with Gasteiger partial charge in [0.15, 0.2) is 5.78 Å². The molecule has 0 amide bonds. The summed E-state index contributed by atoms with van der Waals surface area (Å²) in [6.45, 7) is 0. The Labute approximate surface area is 104 Å². The molecule has 1 N–H and O–H groups in total. The summed E-state index contributed by atoms with van der Waals surface area (Å²) in [5.41, 5.74) is -0.768. The number of benzene rings is 1. The molecule has 0 heterocycles. The van der Waals surface area contributed by atoms with Crippen LogP contribution < -0.4 is 0 Å². The molecule has 1 saturated carbocycles. The highest BCUT2D eigenvalue weighted by atomic mass is 35.5. The standard InChI is InChI=1S/C12H12Cl2O2/c13-9-4-3-8(7-10(9)14)11(15)12(16)5-1-2-6-12/h3-4,7,16H,1-2,5-6H2. The molecular formula is C12H12Cl2O2. The molecule has 1 aliphatic rings. The molecule has 4 heteroatoms. The van der Waals surface area contributed by atoms with Crippen LogP contribution in [0.5, 0.6) is 0 Å². The van der Waals surface area contributed by atoms with Crippen LogP contribution in [0.2, 0.25) is 10.0 Å². The molecule has 1 aromatic carbocycles. The van der Waals surface area contributed by atoms with Crippen molar-refractivity contribution in [3.63, 3.8) is 0 Å². The summed E-state index contributed by atoms with van der Waals surface area (Å²) >= 11 is 11.6. The van der Waals surface area contributed by atoms with E-state index in [1.54, 1.807) is 12.1 Å². The Morgan fingerprint density at radius 2 is 1.81 bits per heavy atom. The van der Waals surface area contributed by atoms with E-state index in [-0.39, 0.29) is 5.78 Å². The predicted octanol–water partition coefficient (Wildman–Crippen LogP) is 3.48. The van der Waals surface area contributed by atoms with Crippen molar-refractivity contribution in [2.24, 2.45) is 0 Å². The summed E-state index contributed by atoms with van der Waals surface area (Å²) in [6, 6.07) is 4.70. The SMILES string of the molecule is O=C(c1ccc(Cl)c(Cl)c1)C1(O)CCCC1. The number of hydrogen-bond acceptors (Lipinski definition) is 2. The molecule has 16 heavy (non-hydrogen) atoms. The highest BCUT2D eigenvalue weighted by Crippen LogP contribution is 2.33. The minimum Gasteiger partial charge on any atom is -0.382 e. The third-order valence-electron chi connectivity index (χ3n) is 3.04. The van der Waals surface area contributed by atoms with Gasteiger partial charge in [0.05, 0.1) is 10.0 Å². The number of hydrogen-bond donors (Lipinski definition) is 1. The number of carbonyl (C=O) groups is 1. The monoisotopic (exact) mass is 258 g/mol. The Bertz CT molecular complexity index is 423. The number of carbonyl (C=O) groups excluding carboxylic acids is 1. The van der Waals surface area contributed by atoms with Gasteiger partial charge in [0.2, 0.25) is 0 Å². The molecule has 2 nitrogen and oxygen atoms in total. The fraction of sp³-hybridized carbons (Fsp3) is 0.417. The van der Waals surface area contributed by atoms with Crippen molar-refractivity contribution in [1.29, 1.82) is 0 Å². The zero-order valence-corrected chi connectivity index (χ0v) is 10.2. The number of Topliss-reactive ketones (excluding diaryl/α,β-unsaturated/α-hetero) is 1. The van der Waals surface area contributed by atoms with Crippen molar-refractivity contribution >= 4 is 29.0 Å². The third kappa shape index (κ3) is 2.10. The summed E-state index contributed by atoms with van der Waals surface area (Å²) in [6.07, 6.45) is 2.85. The molecule has 1 aliphatic carbocycles. The maximum atomic E-state index is 12.1. The van der Waals surface area contributed by atoms with Crippen LogP contribution in [0.1, 0.15) is 36.0 Å². The van der Waals surface area contributed by atoms with Crippen molar-refractivity contribution in [3.05, 3.63) is 33.8 Å². The van der Waals surface area contributed by atoms with E-state index in [9.17, 15) is 9.90 Å². The average Bonchev–Trinajstić information content (AvgIpc) is 2.70. The molecule has 0 saturated heterocycles. The Morgan fingerprint density at radius 1 is 1.19 bits per heavy atom. The van der Waals surface area contributed by atoms with Gasteiger partial charge in [-0.15, -0.1) is 0 Å². The van der Waals surface area contributed by atoms with Gasteiger partial charge in [-0.25, -0.2) is 0 Å². The van der Waals surface area contributed by atoms with Gasteiger partial charge in [-0.05, 0) is 43.9 Å². The fourth-order valence-electron chi connectivity index (χ4n) is 2.09. The normalized spacial score (nSPS) is 18.7. The van der Waals surface area contributed by atoms with Gasteiger partial charge in [-0.1, -0.05) is 23.2 Å². The minimum absolute atomic E-state index is 0.247. The molecule has 0 atom stereocenters. The zero-order valence-electron chi connectivity index (χ0n) is 8.67. The van der Waals surface area contributed by atoms with Gasteiger partial charge in [-0.3, -0.25) is 4.79 Å². The second-order valence-electron chi connectivity index (χ2n) is 4.20. The first-order valence-electron chi connectivity index (χ1n) is 5.25. The van der Waals surface area contributed by atoms with E-state index in [0.717, 1.165) is 12.8 Å². The topological polar surface area (TPSA) is 37.3 Å². The number of halogens is 2. The molecule has 0 unspecified atom stereocenters. The fourth-order valence-corrected chi connectivity index (χ4v) is 2.39. The number of aliphatic hydroxyl groups is 1. The highest BCUT2D eigenvalue weighted by Gasteiger charge is 2.39. The molecule has 0 radical (unpaired) electrons. The van der Waals surface area contributed by atoms with Crippen molar-refractivity contribution in [2.45, 2.75) is 31.3 Å². The lowest BCUT2D eigenvalue weighted by Gasteiger charge is -2.20. The smallest absolute Gasteiger partial charge is 0.194 e. The van der Waals surface area contributed by atoms with E-state index >= 15 is 0 Å². The molecule has 2 rings (SSSR count).